The van der Waals surface area contributed by atoms with Crippen LogP contribution in [0.15, 0.2) is 0 Å². The van der Waals surface area contributed by atoms with E-state index in [0.29, 0.717) is 37.9 Å². The fraction of sp³-hybridized carbons (Fsp3) is 0.947. The third-order valence-electron chi connectivity index (χ3n) is 4.41. The van der Waals surface area contributed by atoms with Gasteiger partial charge in [0.1, 0.15) is 5.60 Å². The molecular weight excluding hydrogens is 347 g/mol. The average molecular weight is 386 g/mol. The minimum Gasteiger partial charge on any atom is -0.396 e. The van der Waals surface area contributed by atoms with E-state index in [0.717, 1.165) is 45.9 Å². The first-order chi connectivity index (χ1) is 12.8. The molecule has 0 saturated carbocycles. The van der Waals surface area contributed by atoms with Crippen molar-refractivity contribution in [1.29, 1.82) is 0 Å². The fourth-order valence-corrected chi connectivity index (χ4v) is 2.69. The number of amides is 1. The summed E-state index contributed by atoms with van der Waals surface area (Å²) in [6.07, 6.45) is 4.44. The summed E-state index contributed by atoms with van der Waals surface area (Å²) in [6, 6.07) is 0. The molecule has 0 aromatic carbocycles. The minimum atomic E-state index is -0.426. The second-order valence-corrected chi connectivity index (χ2v) is 8.04. The van der Waals surface area contributed by atoms with Crippen LogP contribution in [0.3, 0.4) is 0 Å². The number of nitrogens with zero attached hydrogens (tertiary/aromatic N) is 1. The van der Waals surface area contributed by atoms with Gasteiger partial charge in [0, 0.05) is 26.3 Å². The number of carbonyl (C=O) groups is 1. The van der Waals surface area contributed by atoms with Crippen LogP contribution in [0.2, 0.25) is 6.32 Å². The second kappa shape index (κ2) is 15.0. The third-order valence-corrected chi connectivity index (χ3v) is 4.41. The maximum atomic E-state index is 11.6. The average Bonchev–Trinajstić information content (AvgIpc) is 2.68. The number of hydrogen-bond acceptors (Lipinski definition) is 6. The molecule has 0 aliphatic carbocycles. The molecule has 0 aromatic rings. The molecule has 0 spiro atoms. The Hall–Kier alpha value is -0.985. The van der Waals surface area contributed by atoms with Gasteiger partial charge < -0.3 is 25.2 Å². The van der Waals surface area contributed by atoms with Crippen LogP contribution in [0.4, 0.5) is 4.79 Å². The molecule has 158 valence electrons. The van der Waals surface area contributed by atoms with Gasteiger partial charge in [0.05, 0.1) is 0 Å². The molecule has 2 rings (SSSR count). The van der Waals surface area contributed by atoms with Crippen molar-refractivity contribution in [3.05, 3.63) is 0 Å². The molecule has 2 aliphatic heterocycles. The quantitative estimate of drug-likeness (QED) is 0.643. The first kappa shape index (κ1) is 26.0. The van der Waals surface area contributed by atoms with Crippen molar-refractivity contribution < 1.29 is 24.4 Å². The summed E-state index contributed by atoms with van der Waals surface area (Å²) in [5.41, 5.74) is -0.426. The zero-order chi connectivity index (χ0) is 20.7. The van der Waals surface area contributed by atoms with Crippen LogP contribution >= 0.6 is 0 Å². The van der Waals surface area contributed by atoms with Gasteiger partial charge in [0.25, 0.3) is 0 Å². The number of hydrogen-bond donors (Lipinski definition) is 3. The Labute approximate surface area is 165 Å². The minimum absolute atomic E-state index is 0.224. The predicted octanol–water partition coefficient (Wildman–Crippen LogP) is 2.08. The Balaban J connectivity index is 0.000000468. The molecule has 0 atom stereocenters. The summed E-state index contributed by atoms with van der Waals surface area (Å²) in [5.74, 6) is 0.930. The van der Waals surface area contributed by atoms with Crippen LogP contribution in [0.1, 0.15) is 53.4 Å². The molecule has 27 heavy (non-hydrogen) atoms. The maximum Gasteiger partial charge on any atom is 0.0460 e. The monoisotopic (exact) mass is 386 g/mol. The summed E-state index contributed by atoms with van der Waals surface area (Å²) in [7, 11) is 0.875. The summed E-state index contributed by atoms with van der Waals surface area (Å²) in [4.78, 5) is 13.4. The van der Waals surface area contributed by atoms with Crippen molar-refractivity contribution in [3.8, 4) is 0 Å². The van der Waals surface area contributed by atoms with Crippen molar-refractivity contribution in [3.63, 3.8) is 0 Å². The van der Waals surface area contributed by atoms with Gasteiger partial charge in [-0.25, -0.2) is 4.79 Å². The molecule has 0 aromatic heterocycles. The number of rotatable bonds is 3. The van der Waals surface area contributed by atoms with Crippen molar-refractivity contribution in [2.45, 2.75) is 65.3 Å². The van der Waals surface area contributed by atoms with E-state index in [9.17, 15) is 9.50 Å². The van der Waals surface area contributed by atoms with Crippen LogP contribution in [0.5, 0.6) is 0 Å². The first-order valence-corrected chi connectivity index (χ1v) is 10.1. The van der Waals surface area contributed by atoms with Crippen LogP contribution in [0, 0.1) is 11.8 Å². The molecule has 2 saturated heterocycles. The van der Waals surface area contributed by atoms with Gasteiger partial charge in [-0.3, -0.25) is 0 Å². The molecule has 0 bridgehead atoms. The number of aliphatic hydroxyl groups is 2. The van der Waals surface area contributed by atoms with Crippen molar-refractivity contribution in [2.75, 3.05) is 39.4 Å². The SMILES string of the molecule is CC(C)(C)OC(=O)N1CCC(CO)CC1.CCB=O.OCC1CCNCC1. The zero-order valence-corrected chi connectivity index (χ0v) is 17.6. The van der Waals surface area contributed by atoms with Gasteiger partial charge in [-0.1, -0.05) is 0 Å². The largest absolute Gasteiger partial charge is 0.396 e. The van der Waals surface area contributed by atoms with Crippen molar-refractivity contribution in [2.24, 2.45) is 11.8 Å². The summed E-state index contributed by atoms with van der Waals surface area (Å²) in [5, 5.41) is 20.9. The molecule has 2 aliphatic rings. The van der Waals surface area contributed by atoms with Crippen LogP contribution < -0.4 is 5.32 Å². The van der Waals surface area contributed by atoms with Gasteiger partial charge in [0.2, 0.25) is 0 Å². The summed E-state index contributed by atoms with van der Waals surface area (Å²) in [6.45, 7) is 11.6. The number of aliphatic hydroxyl groups excluding tert-OH is 2. The van der Waals surface area contributed by atoms with E-state index in [1.165, 1.54) is 0 Å². The number of nitrogens with one attached hydrogen (secondary N) is 1. The molecule has 0 unspecified atom stereocenters. The molecule has 8 heteroatoms. The summed E-state index contributed by atoms with van der Waals surface area (Å²) < 4.78 is 14.4. The predicted molar refractivity (Wildman–Crippen MR) is 107 cm³/mol. The van der Waals surface area contributed by atoms with E-state index in [2.05, 4.69) is 5.32 Å². The molecule has 3 N–H and O–H groups in total. The molecule has 2 heterocycles. The number of piperidine rings is 2. The van der Waals surface area contributed by atoms with E-state index in [1.54, 1.807) is 4.90 Å². The maximum absolute atomic E-state index is 11.6. The Kier molecular flexibility index (Phi) is 14.5. The standard InChI is InChI=1S/C11H21NO3.C6H13NO.C2H5BO/c1-11(2,3)15-10(14)12-6-4-9(8-13)5-7-12;8-5-6-1-3-7-4-2-6;1-2-3-4/h9,13H,4-8H2,1-3H3;6-8H,1-5H2;2H2,1H3. The summed E-state index contributed by atoms with van der Waals surface area (Å²) >= 11 is 0. The zero-order valence-electron chi connectivity index (χ0n) is 17.6. The Morgan fingerprint density at radius 2 is 1.52 bits per heavy atom. The Bertz CT molecular complexity index is 390. The number of carbonyl (C=O) groups excluding carboxylic acids is 1. The van der Waals surface area contributed by atoms with Crippen LogP contribution in [-0.4, -0.2) is 73.4 Å². The fourth-order valence-electron chi connectivity index (χ4n) is 2.69. The topological polar surface area (TPSA) is 99.1 Å². The van der Waals surface area contributed by atoms with Gasteiger partial charge >= 0.3 is 31.2 Å². The third kappa shape index (κ3) is 13.8. The van der Waals surface area contributed by atoms with Crippen LogP contribution in [-0.2, 0) is 9.44 Å². The Morgan fingerprint density at radius 1 is 1.07 bits per heavy atom. The van der Waals surface area contributed by atoms with E-state index in [4.69, 9.17) is 14.9 Å². The number of ether oxygens (including phenoxy) is 1. The van der Waals surface area contributed by atoms with Crippen molar-refractivity contribution in [1.82, 2.24) is 10.2 Å². The van der Waals surface area contributed by atoms with Crippen molar-refractivity contribution >= 4 is 13.2 Å². The van der Waals surface area contributed by atoms with Gasteiger partial charge in [-0.2, -0.15) is 0 Å². The number of likely N-dealkylation sites (tertiary alicyclic amines) is 1. The second-order valence-electron chi connectivity index (χ2n) is 8.04. The molecule has 7 nitrogen and oxygen atoms in total. The molecular formula is C19H39BN2O5. The van der Waals surface area contributed by atoms with E-state index in [-0.39, 0.29) is 12.7 Å². The van der Waals surface area contributed by atoms with Gasteiger partial charge in [-0.15, -0.1) is 0 Å². The Morgan fingerprint density at radius 3 is 1.85 bits per heavy atom. The normalized spacial score (nSPS) is 18.4. The van der Waals surface area contributed by atoms with E-state index < -0.39 is 5.60 Å². The van der Waals surface area contributed by atoms with Gasteiger partial charge in [0.15, 0.2) is 0 Å². The van der Waals surface area contributed by atoms with Gasteiger partial charge in [-0.05, 0) is 71.4 Å². The van der Waals surface area contributed by atoms with E-state index in [1.807, 2.05) is 27.7 Å². The van der Waals surface area contributed by atoms with Crippen LogP contribution in [0.25, 0.3) is 0 Å². The smallest absolute Gasteiger partial charge is 0.0460 e. The molecule has 1 amide bonds. The molecule has 2 fully saturated rings. The first-order valence-electron chi connectivity index (χ1n) is 10.1. The molecule has 0 radical (unpaired) electrons. The van der Waals surface area contributed by atoms with E-state index >= 15 is 0 Å².